The lowest BCUT2D eigenvalue weighted by atomic mass is 10.1. The van der Waals surface area contributed by atoms with Crippen LogP contribution in [0.3, 0.4) is 0 Å². The number of aliphatic imine (C=N–C) groups is 1. The van der Waals surface area contributed by atoms with E-state index >= 15 is 0 Å². The molecule has 27 heavy (non-hydrogen) atoms. The molecule has 2 N–H and O–H groups in total. The Labute approximate surface area is 160 Å². The quantitative estimate of drug-likeness (QED) is 0.573. The molecule has 0 spiro atoms. The van der Waals surface area contributed by atoms with Gasteiger partial charge in [-0.1, -0.05) is 17.7 Å². The van der Waals surface area contributed by atoms with Crippen LogP contribution in [0.4, 0.5) is 0 Å². The molecule has 1 fully saturated rings. The molecule has 0 atom stereocenters. The highest BCUT2D eigenvalue weighted by atomic mass is 16.5. The second-order valence-corrected chi connectivity index (χ2v) is 6.59. The van der Waals surface area contributed by atoms with E-state index in [9.17, 15) is 0 Å². The number of ether oxygens (including phenoxy) is 1. The molecule has 7 nitrogen and oxygen atoms in total. The first kappa shape index (κ1) is 19.4. The Morgan fingerprint density at radius 3 is 2.70 bits per heavy atom. The lowest BCUT2D eigenvalue weighted by Gasteiger charge is -2.26. The Bertz CT molecular complexity index is 720. The van der Waals surface area contributed by atoms with Crippen LogP contribution >= 0.6 is 0 Å². The molecule has 0 radical (unpaired) electrons. The molecular weight excluding hydrogens is 342 g/mol. The van der Waals surface area contributed by atoms with Crippen molar-refractivity contribution in [2.75, 3.05) is 45.9 Å². The summed E-state index contributed by atoms with van der Waals surface area (Å²) >= 11 is 0. The van der Waals surface area contributed by atoms with Gasteiger partial charge in [0.2, 0.25) is 5.89 Å². The van der Waals surface area contributed by atoms with Gasteiger partial charge >= 0.3 is 0 Å². The van der Waals surface area contributed by atoms with Crippen LogP contribution in [0.1, 0.15) is 18.2 Å². The number of aromatic nitrogens is 1. The summed E-state index contributed by atoms with van der Waals surface area (Å²) in [4.78, 5) is 11.6. The number of oxazole rings is 1. The van der Waals surface area contributed by atoms with Crippen LogP contribution in [0, 0.1) is 6.92 Å². The summed E-state index contributed by atoms with van der Waals surface area (Å²) in [7, 11) is 0. The molecule has 2 heterocycles. The maximum atomic E-state index is 5.60. The summed E-state index contributed by atoms with van der Waals surface area (Å²) in [6, 6.07) is 8.15. The van der Waals surface area contributed by atoms with E-state index in [0.29, 0.717) is 12.4 Å². The SMILES string of the molecule is CCNC(=NCc1coc(-c2ccc(C)cc2)n1)NCCN1CCOCC1. The van der Waals surface area contributed by atoms with Crippen LogP contribution in [-0.2, 0) is 11.3 Å². The molecule has 146 valence electrons. The summed E-state index contributed by atoms with van der Waals surface area (Å²) in [6.07, 6.45) is 1.68. The summed E-state index contributed by atoms with van der Waals surface area (Å²) in [5.74, 6) is 1.43. The van der Waals surface area contributed by atoms with Gasteiger partial charge in [0.05, 0.1) is 19.8 Å². The molecule has 1 aromatic heterocycles. The van der Waals surface area contributed by atoms with Gasteiger partial charge in [0.25, 0.3) is 0 Å². The summed E-state index contributed by atoms with van der Waals surface area (Å²) < 4.78 is 11.0. The van der Waals surface area contributed by atoms with Crippen molar-refractivity contribution >= 4 is 5.96 Å². The van der Waals surface area contributed by atoms with E-state index in [4.69, 9.17) is 9.15 Å². The van der Waals surface area contributed by atoms with Crippen LogP contribution < -0.4 is 10.6 Å². The number of aryl methyl sites for hydroxylation is 1. The third-order valence-corrected chi connectivity index (χ3v) is 4.42. The first-order valence-electron chi connectivity index (χ1n) is 9.58. The zero-order chi connectivity index (χ0) is 18.9. The lowest BCUT2D eigenvalue weighted by Crippen LogP contribution is -2.44. The maximum Gasteiger partial charge on any atom is 0.226 e. The highest BCUT2D eigenvalue weighted by Gasteiger charge is 2.10. The van der Waals surface area contributed by atoms with Gasteiger partial charge in [-0.25, -0.2) is 9.98 Å². The fraction of sp³-hybridized carbons (Fsp3) is 0.500. The minimum absolute atomic E-state index is 0.474. The predicted octanol–water partition coefficient (Wildman–Crippen LogP) is 2.04. The third kappa shape index (κ3) is 6.08. The first-order chi connectivity index (χ1) is 13.2. The van der Waals surface area contributed by atoms with E-state index in [-0.39, 0.29) is 0 Å². The van der Waals surface area contributed by atoms with Crippen LogP contribution in [-0.4, -0.2) is 61.8 Å². The highest BCUT2D eigenvalue weighted by Crippen LogP contribution is 2.19. The van der Waals surface area contributed by atoms with Gasteiger partial charge in [-0.3, -0.25) is 4.90 Å². The topological polar surface area (TPSA) is 74.9 Å². The molecule has 7 heteroatoms. The van der Waals surface area contributed by atoms with Crippen molar-refractivity contribution in [1.29, 1.82) is 0 Å². The molecule has 0 amide bonds. The Morgan fingerprint density at radius 1 is 1.19 bits per heavy atom. The van der Waals surface area contributed by atoms with Gasteiger partial charge < -0.3 is 19.8 Å². The van der Waals surface area contributed by atoms with Gasteiger partial charge in [-0.15, -0.1) is 0 Å². The van der Waals surface area contributed by atoms with Crippen molar-refractivity contribution in [3.8, 4) is 11.5 Å². The number of hydrogen-bond acceptors (Lipinski definition) is 5. The van der Waals surface area contributed by atoms with Crippen molar-refractivity contribution in [3.05, 3.63) is 41.8 Å². The Kier molecular flexibility index (Phi) is 7.24. The number of morpholine rings is 1. The average molecular weight is 371 g/mol. The lowest BCUT2D eigenvalue weighted by molar-refractivity contribution is 0.0389. The molecule has 1 saturated heterocycles. The summed E-state index contributed by atoms with van der Waals surface area (Å²) in [6.45, 7) is 10.9. The van der Waals surface area contributed by atoms with E-state index in [1.54, 1.807) is 6.26 Å². The summed E-state index contributed by atoms with van der Waals surface area (Å²) in [5, 5.41) is 6.65. The highest BCUT2D eigenvalue weighted by molar-refractivity contribution is 5.79. The Morgan fingerprint density at radius 2 is 1.96 bits per heavy atom. The Hall–Kier alpha value is -2.38. The van der Waals surface area contributed by atoms with Gasteiger partial charge in [0.15, 0.2) is 5.96 Å². The molecule has 0 aliphatic carbocycles. The minimum atomic E-state index is 0.474. The molecule has 1 aliphatic heterocycles. The van der Waals surface area contributed by atoms with Crippen molar-refractivity contribution < 1.29 is 9.15 Å². The summed E-state index contributed by atoms with van der Waals surface area (Å²) in [5.41, 5.74) is 3.01. The molecule has 2 aromatic rings. The standard InChI is InChI=1S/C20H29N5O2/c1-3-21-20(22-8-9-25-10-12-26-13-11-25)23-14-18-15-27-19(24-18)17-6-4-16(2)5-7-17/h4-7,15H,3,8-14H2,1-2H3,(H2,21,22,23). The third-order valence-electron chi connectivity index (χ3n) is 4.42. The van der Waals surface area contributed by atoms with E-state index in [0.717, 1.165) is 63.2 Å². The smallest absolute Gasteiger partial charge is 0.226 e. The van der Waals surface area contributed by atoms with Gasteiger partial charge in [-0.05, 0) is 26.0 Å². The molecule has 1 aromatic carbocycles. The fourth-order valence-corrected chi connectivity index (χ4v) is 2.87. The molecule has 3 rings (SSSR count). The minimum Gasteiger partial charge on any atom is -0.444 e. The molecular formula is C20H29N5O2. The van der Waals surface area contributed by atoms with E-state index in [1.807, 2.05) is 12.1 Å². The number of hydrogen-bond donors (Lipinski definition) is 2. The van der Waals surface area contributed by atoms with Gasteiger partial charge in [0, 0.05) is 38.3 Å². The molecule has 0 unspecified atom stereocenters. The monoisotopic (exact) mass is 371 g/mol. The number of benzene rings is 1. The largest absolute Gasteiger partial charge is 0.444 e. The average Bonchev–Trinajstić information content (AvgIpc) is 3.16. The van der Waals surface area contributed by atoms with Gasteiger partial charge in [0.1, 0.15) is 12.0 Å². The van der Waals surface area contributed by atoms with Gasteiger partial charge in [-0.2, -0.15) is 0 Å². The second-order valence-electron chi connectivity index (χ2n) is 6.59. The maximum absolute atomic E-state index is 5.60. The number of nitrogens with one attached hydrogen (secondary N) is 2. The van der Waals surface area contributed by atoms with E-state index in [2.05, 4.69) is 51.5 Å². The number of guanidine groups is 1. The van der Waals surface area contributed by atoms with Crippen LogP contribution in [0.25, 0.3) is 11.5 Å². The van der Waals surface area contributed by atoms with Crippen LogP contribution in [0.5, 0.6) is 0 Å². The van der Waals surface area contributed by atoms with Crippen LogP contribution in [0.2, 0.25) is 0 Å². The van der Waals surface area contributed by atoms with Crippen LogP contribution in [0.15, 0.2) is 39.9 Å². The van der Waals surface area contributed by atoms with Crippen molar-refractivity contribution in [2.24, 2.45) is 4.99 Å². The Balaban J connectivity index is 1.52. The molecule has 0 bridgehead atoms. The van der Waals surface area contributed by atoms with E-state index < -0.39 is 0 Å². The molecule has 1 aliphatic rings. The van der Waals surface area contributed by atoms with E-state index in [1.165, 1.54) is 5.56 Å². The number of nitrogens with zero attached hydrogens (tertiary/aromatic N) is 3. The predicted molar refractivity (Wildman–Crippen MR) is 107 cm³/mol. The number of rotatable bonds is 7. The van der Waals surface area contributed by atoms with Crippen molar-refractivity contribution in [1.82, 2.24) is 20.5 Å². The zero-order valence-electron chi connectivity index (χ0n) is 16.2. The molecule has 0 saturated carbocycles. The fourth-order valence-electron chi connectivity index (χ4n) is 2.87. The normalized spacial score (nSPS) is 15.7. The van der Waals surface area contributed by atoms with Crippen molar-refractivity contribution in [2.45, 2.75) is 20.4 Å². The van der Waals surface area contributed by atoms with Crippen molar-refractivity contribution in [3.63, 3.8) is 0 Å². The second kappa shape index (κ2) is 10.1. The zero-order valence-corrected chi connectivity index (χ0v) is 16.2. The first-order valence-corrected chi connectivity index (χ1v) is 9.58.